The van der Waals surface area contributed by atoms with Crippen molar-refractivity contribution in [1.82, 2.24) is 0 Å². The maximum absolute atomic E-state index is 5.85. The molecule has 0 aliphatic heterocycles. The maximum Gasteiger partial charge on any atom is 0.106 e. The van der Waals surface area contributed by atoms with Gasteiger partial charge < -0.3 is 10.6 Å². The zero-order valence-electron chi connectivity index (χ0n) is 10.7. The first-order chi connectivity index (χ1) is 8.61. The van der Waals surface area contributed by atoms with E-state index >= 15 is 0 Å². The van der Waals surface area contributed by atoms with Crippen LogP contribution in [0.1, 0.15) is 31.7 Å². The number of hydrogen-bond acceptors (Lipinski definition) is 2. The molecule has 0 amide bonds. The monoisotopic (exact) mass is 326 g/mol. The first-order valence-corrected chi connectivity index (χ1v) is 7.66. The van der Waals surface area contributed by atoms with E-state index in [-0.39, 0.29) is 0 Å². The average molecular weight is 327 g/mol. The summed E-state index contributed by atoms with van der Waals surface area (Å²) in [5, 5.41) is 0. The molecule has 0 saturated heterocycles. The van der Waals surface area contributed by atoms with Gasteiger partial charge in [-0.2, -0.15) is 0 Å². The van der Waals surface area contributed by atoms with Gasteiger partial charge >= 0.3 is 0 Å². The Morgan fingerprint density at radius 1 is 1.50 bits per heavy atom. The molecule has 1 aromatic rings. The van der Waals surface area contributed by atoms with E-state index in [2.05, 4.69) is 39.9 Å². The van der Waals surface area contributed by atoms with Gasteiger partial charge in [-0.15, -0.1) is 0 Å². The van der Waals surface area contributed by atoms with E-state index in [4.69, 9.17) is 18.0 Å². The summed E-state index contributed by atoms with van der Waals surface area (Å²) in [5.74, 6) is 0.861. The van der Waals surface area contributed by atoms with Crippen molar-refractivity contribution in [3.63, 3.8) is 0 Å². The van der Waals surface area contributed by atoms with E-state index in [1.807, 2.05) is 6.07 Å². The van der Waals surface area contributed by atoms with Crippen molar-refractivity contribution in [2.45, 2.75) is 26.2 Å². The molecular weight excluding hydrogens is 308 g/mol. The summed E-state index contributed by atoms with van der Waals surface area (Å²) in [6.07, 6.45) is 3.86. The molecule has 1 aromatic carbocycles. The molecule has 2 nitrogen and oxygen atoms in total. The predicted molar refractivity (Wildman–Crippen MR) is 85.3 cm³/mol. The van der Waals surface area contributed by atoms with E-state index in [1.54, 1.807) is 0 Å². The summed E-state index contributed by atoms with van der Waals surface area (Å²) >= 11 is 8.65. The van der Waals surface area contributed by atoms with Crippen LogP contribution < -0.4 is 10.6 Å². The fraction of sp³-hybridized carbons (Fsp3) is 0.500. The molecular formula is C14H19BrN2S. The van der Waals surface area contributed by atoms with Gasteiger partial charge in [-0.05, 0) is 43.4 Å². The molecule has 0 unspecified atom stereocenters. The maximum atomic E-state index is 5.85. The van der Waals surface area contributed by atoms with Gasteiger partial charge in [0.2, 0.25) is 0 Å². The predicted octanol–water partition coefficient (Wildman–Crippen LogP) is 3.71. The number of rotatable bonds is 6. The van der Waals surface area contributed by atoms with Crippen molar-refractivity contribution in [3.05, 3.63) is 28.2 Å². The van der Waals surface area contributed by atoms with E-state index < -0.39 is 0 Å². The summed E-state index contributed by atoms with van der Waals surface area (Å²) in [6.45, 7) is 4.40. The van der Waals surface area contributed by atoms with Crippen LogP contribution in [-0.4, -0.2) is 18.1 Å². The molecule has 4 heteroatoms. The molecule has 18 heavy (non-hydrogen) atoms. The second kappa shape index (κ2) is 6.02. The van der Waals surface area contributed by atoms with Crippen LogP contribution in [0.3, 0.4) is 0 Å². The van der Waals surface area contributed by atoms with Gasteiger partial charge in [0.15, 0.2) is 0 Å². The molecule has 0 atom stereocenters. The lowest BCUT2D eigenvalue weighted by molar-refractivity contribution is 0.707. The lowest BCUT2D eigenvalue weighted by Crippen LogP contribution is -2.29. The molecule has 1 aliphatic rings. The molecule has 1 saturated carbocycles. The quantitative estimate of drug-likeness (QED) is 0.808. The van der Waals surface area contributed by atoms with Crippen LogP contribution in [0.2, 0.25) is 0 Å². The third kappa shape index (κ3) is 3.45. The summed E-state index contributed by atoms with van der Waals surface area (Å²) < 4.78 is 1.02. The van der Waals surface area contributed by atoms with Crippen LogP contribution >= 0.6 is 28.1 Å². The fourth-order valence-electron chi connectivity index (χ4n) is 2.17. The van der Waals surface area contributed by atoms with Crippen LogP contribution in [0, 0.1) is 5.92 Å². The molecule has 0 radical (unpaired) electrons. The Balaban J connectivity index is 2.29. The van der Waals surface area contributed by atoms with Crippen molar-refractivity contribution in [2.75, 3.05) is 18.0 Å². The highest BCUT2D eigenvalue weighted by atomic mass is 79.9. The number of halogens is 1. The molecule has 0 bridgehead atoms. The van der Waals surface area contributed by atoms with Gasteiger partial charge in [0.1, 0.15) is 4.99 Å². The van der Waals surface area contributed by atoms with Crippen molar-refractivity contribution in [3.8, 4) is 0 Å². The van der Waals surface area contributed by atoms with Crippen LogP contribution in [-0.2, 0) is 0 Å². The summed E-state index contributed by atoms with van der Waals surface area (Å²) in [5.41, 5.74) is 8.01. The molecule has 0 heterocycles. The average Bonchev–Trinajstić information content (AvgIpc) is 3.12. The second-order valence-corrected chi connectivity index (χ2v) is 6.27. The molecule has 2 N–H and O–H groups in total. The number of thiocarbonyl (C=S) groups is 1. The minimum absolute atomic E-state index is 0.475. The van der Waals surface area contributed by atoms with Crippen molar-refractivity contribution in [2.24, 2.45) is 11.7 Å². The smallest absolute Gasteiger partial charge is 0.106 e. The highest BCUT2D eigenvalue weighted by Crippen LogP contribution is 2.33. The number of nitrogens with zero attached hydrogens (tertiary/aromatic N) is 1. The highest BCUT2D eigenvalue weighted by Gasteiger charge is 2.25. The first-order valence-electron chi connectivity index (χ1n) is 6.46. The minimum atomic E-state index is 0.475. The summed E-state index contributed by atoms with van der Waals surface area (Å²) in [4.78, 5) is 2.90. The second-order valence-electron chi connectivity index (χ2n) is 4.92. The van der Waals surface area contributed by atoms with Gasteiger partial charge in [-0.1, -0.05) is 35.1 Å². The summed E-state index contributed by atoms with van der Waals surface area (Å²) in [6, 6.07) is 6.20. The standard InChI is InChI=1S/C14H19BrN2S/c1-2-7-17(9-10-3-4-10)13-6-5-11(15)8-12(13)14(16)18/h5-6,8,10H,2-4,7,9H2,1H3,(H2,16,18). The number of benzene rings is 1. The first kappa shape index (κ1) is 13.8. The number of hydrogen-bond donors (Lipinski definition) is 1. The molecule has 98 valence electrons. The molecule has 2 rings (SSSR count). The Labute approximate surface area is 123 Å². The van der Waals surface area contributed by atoms with Gasteiger partial charge in [-0.3, -0.25) is 0 Å². The lowest BCUT2D eigenvalue weighted by Gasteiger charge is -2.26. The highest BCUT2D eigenvalue weighted by molar-refractivity contribution is 9.10. The Bertz CT molecular complexity index is 443. The normalized spacial score (nSPS) is 14.6. The zero-order valence-corrected chi connectivity index (χ0v) is 13.1. The topological polar surface area (TPSA) is 29.3 Å². The number of nitrogens with two attached hydrogens (primary N) is 1. The van der Waals surface area contributed by atoms with Crippen molar-refractivity contribution < 1.29 is 0 Å². The zero-order chi connectivity index (χ0) is 13.1. The fourth-order valence-corrected chi connectivity index (χ4v) is 2.70. The third-order valence-electron chi connectivity index (χ3n) is 3.23. The summed E-state index contributed by atoms with van der Waals surface area (Å²) in [7, 11) is 0. The Morgan fingerprint density at radius 2 is 2.22 bits per heavy atom. The van der Waals surface area contributed by atoms with Gasteiger partial charge in [0.25, 0.3) is 0 Å². The van der Waals surface area contributed by atoms with Gasteiger partial charge in [-0.25, -0.2) is 0 Å². The van der Waals surface area contributed by atoms with Crippen LogP contribution in [0.5, 0.6) is 0 Å². The minimum Gasteiger partial charge on any atom is -0.389 e. The van der Waals surface area contributed by atoms with E-state index in [9.17, 15) is 0 Å². The molecule has 0 spiro atoms. The van der Waals surface area contributed by atoms with Gasteiger partial charge in [0.05, 0.1) is 0 Å². The lowest BCUT2D eigenvalue weighted by atomic mass is 10.1. The Morgan fingerprint density at radius 3 is 2.78 bits per heavy atom. The van der Waals surface area contributed by atoms with Crippen LogP contribution in [0.25, 0.3) is 0 Å². The van der Waals surface area contributed by atoms with E-state index in [0.29, 0.717) is 4.99 Å². The molecule has 1 fully saturated rings. The van der Waals surface area contributed by atoms with Crippen LogP contribution in [0.4, 0.5) is 5.69 Å². The Hall–Kier alpha value is -0.610. The van der Waals surface area contributed by atoms with E-state index in [1.165, 1.54) is 18.5 Å². The Kier molecular flexibility index (Phi) is 4.62. The molecule has 1 aliphatic carbocycles. The van der Waals surface area contributed by atoms with Crippen molar-refractivity contribution >= 4 is 38.8 Å². The molecule has 0 aromatic heterocycles. The van der Waals surface area contributed by atoms with Gasteiger partial charge in [0, 0.05) is 28.8 Å². The van der Waals surface area contributed by atoms with Crippen molar-refractivity contribution in [1.29, 1.82) is 0 Å². The number of anilines is 1. The third-order valence-corrected chi connectivity index (χ3v) is 3.95. The SMILES string of the molecule is CCCN(CC1CC1)c1ccc(Br)cc1C(N)=S. The van der Waals surface area contributed by atoms with E-state index in [0.717, 1.165) is 35.5 Å². The largest absolute Gasteiger partial charge is 0.389 e. The van der Waals surface area contributed by atoms with Crippen LogP contribution in [0.15, 0.2) is 22.7 Å².